The molecular weight excluding hydrogens is 222 g/mol. The van der Waals surface area contributed by atoms with E-state index < -0.39 is 0 Å². The lowest BCUT2D eigenvalue weighted by Gasteiger charge is -2.26. The third-order valence-corrected chi connectivity index (χ3v) is 3.95. The Morgan fingerprint density at radius 1 is 1.39 bits per heavy atom. The molecule has 18 heavy (non-hydrogen) atoms. The first-order chi connectivity index (χ1) is 8.81. The quantitative estimate of drug-likeness (QED) is 0.757. The molecule has 0 radical (unpaired) electrons. The smallest absolute Gasteiger partial charge is 0.0456 e. The largest absolute Gasteiger partial charge is 0.396 e. The van der Waals surface area contributed by atoms with Gasteiger partial charge in [-0.3, -0.25) is 0 Å². The molecule has 2 unspecified atom stereocenters. The van der Waals surface area contributed by atoms with Crippen molar-refractivity contribution in [2.24, 2.45) is 5.92 Å². The lowest BCUT2D eigenvalue weighted by Crippen LogP contribution is -2.26. The fourth-order valence-electron chi connectivity index (χ4n) is 2.78. The maximum Gasteiger partial charge on any atom is 0.0456 e. The van der Waals surface area contributed by atoms with Gasteiger partial charge in [-0.15, -0.1) is 0 Å². The van der Waals surface area contributed by atoms with Gasteiger partial charge < -0.3 is 10.4 Å². The van der Waals surface area contributed by atoms with Crippen LogP contribution in [0.15, 0.2) is 24.3 Å². The van der Waals surface area contributed by atoms with E-state index in [4.69, 9.17) is 5.11 Å². The SMILES string of the molecule is CC(CO)CCCNC1CCCc2ccccc21. The molecule has 1 aliphatic rings. The van der Waals surface area contributed by atoms with Crippen molar-refractivity contribution in [2.75, 3.05) is 13.2 Å². The third kappa shape index (κ3) is 3.56. The summed E-state index contributed by atoms with van der Waals surface area (Å²) in [5.74, 6) is 0.436. The summed E-state index contributed by atoms with van der Waals surface area (Å²) in [6.45, 7) is 3.48. The van der Waals surface area contributed by atoms with Crippen molar-refractivity contribution in [3.05, 3.63) is 35.4 Å². The topological polar surface area (TPSA) is 32.3 Å². The van der Waals surface area contributed by atoms with E-state index in [-0.39, 0.29) is 0 Å². The van der Waals surface area contributed by atoms with Gasteiger partial charge in [-0.2, -0.15) is 0 Å². The van der Waals surface area contributed by atoms with E-state index in [1.807, 2.05) is 0 Å². The van der Waals surface area contributed by atoms with Crippen LogP contribution in [0.2, 0.25) is 0 Å². The zero-order valence-corrected chi connectivity index (χ0v) is 11.4. The van der Waals surface area contributed by atoms with Crippen LogP contribution in [0, 0.1) is 5.92 Å². The Hall–Kier alpha value is -0.860. The van der Waals surface area contributed by atoms with Gasteiger partial charge >= 0.3 is 0 Å². The first kappa shape index (κ1) is 13.6. The van der Waals surface area contributed by atoms with E-state index in [1.54, 1.807) is 0 Å². The summed E-state index contributed by atoms with van der Waals surface area (Å²) < 4.78 is 0. The van der Waals surface area contributed by atoms with Gasteiger partial charge in [0, 0.05) is 12.6 Å². The zero-order chi connectivity index (χ0) is 12.8. The van der Waals surface area contributed by atoms with Gasteiger partial charge in [0.25, 0.3) is 0 Å². The van der Waals surface area contributed by atoms with Gasteiger partial charge in [0.2, 0.25) is 0 Å². The molecule has 2 rings (SSSR count). The van der Waals surface area contributed by atoms with Crippen molar-refractivity contribution in [3.63, 3.8) is 0 Å². The van der Waals surface area contributed by atoms with E-state index in [9.17, 15) is 0 Å². The third-order valence-electron chi connectivity index (χ3n) is 3.95. The predicted octanol–water partition coefficient (Wildman–Crippen LogP) is 3.06. The number of aliphatic hydroxyl groups excluding tert-OH is 1. The van der Waals surface area contributed by atoms with Gasteiger partial charge in [-0.1, -0.05) is 31.2 Å². The fraction of sp³-hybridized carbons (Fsp3) is 0.625. The minimum absolute atomic E-state index is 0.312. The van der Waals surface area contributed by atoms with Crippen molar-refractivity contribution in [1.29, 1.82) is 0 Å². The minimum atomic E-state index is 0.312. The van der Waals surface area contributed by atoms with E-state index >= 15 is 0 Å². The first-order valence-corrected chi connectivity index (χ1v) is 7.23. The maximum atomic E-state index is 8.99. The predicted molar refractivity (Wildman–Crippen MR) is 75.6 cm³/mol. The lowest BCUT2D eigenvalue weighted by molar-refractivity contribution is 0.227. The molecule has 0 bridgehead atoms. The molecule has 0 heterocycles. The number of hydrogen-bond acceptors (Lipinski definition) is 2. The molecule has 0 aliphatic heterocycles. The number of aliphatic hydroxyl groups is 1. The average molecular weight is 247 g/mol. The molecule has 2 nitrogen and oxygen atoms in total. The van der Waals surface area contributed by atoms with E-state index in [2.05, 4.69) is 36.5 Å². The standard InChI is InChI=1S/C16H25NO/c1-13(12-18)6-5-11-17-16-10-4-8-14-7-2-3-9-15(14)16/h2-3,7,9,13,16-18H,4-6,8,10-12H2,1H3. The van der Waals surface area contributed by atoms with Crippen LogP contribution in [-0.4, -0.2) is 18.3 Å². The average Bonchev–Trinajstić information content (AvgIpc) is 2.43. The van der Waals surface area contributed by atoms with Crippen molar-refractivity contribution >= 4 is 0 Å². The van der Waals surface area contributed by atoms with Crippen LogP contribution in [0.1, 0.15) is 49.8 Å². The zero-order valence-electron chi connectivity index (χ0n) is 11.4. The van der Waals surface area contributed by atoms with Crippen LogP contribution < -0.4 is 5.32 Å². The Morgan fingerprint density at radius 3 is 3.06 bits per heavy atom. The van der Waals surface area contributed by atoms with Gasteiger partial charge in [0.15, 0.2) is 0 Å². The molecule has 1 aliphatic carbocycles. The van der Waals surface area contributed by atoms with Crippen molar-refractivity contribution in [2.45, 2.75) is 45.1 Å². The summed E-state index contributed by atoms with van der Waals surface area (Å²) in [6, 6.07) is 9.36. The maximum absolute atomic E-state index is 8.99. The summed E-state index contributed by atoms with van der Waals surface area (Å²) in [5.41, 5.74) is 3.02. The second-order valence-corrected chi connectivity index (χ2v) is 5.53. The lowest BCUT2D eigenvalue weighted by atomic mass is 9.87. The summed E-state index contributed by atoms with van der Waals surface area (Å²) in [4.78, 5) is 0. The Balaban J connectivity index is 1.81. The summed E-state index contributed by atoms with van der Waals surface area (Å²) in [6.07, 6.45) is 6.04. The Labute approximate surface area is 110 Å². The summed E-state index contributed by atoms with van der Waals surface area (Å²) >= 11 is 0. The van der Waals surface area contributed by atoms with E-state index in [1.165, 1.54) is 30.4 Å². The van der Waals surface area contributed by atoms with Crippen molar-refractivity contribution in [3.8, 4) is 0 Å². The van der Waals surface area contributed by atoms with Gasteiger partial charge in [0.05, 0.1) is 0 Å². The molecule has 0 aromatic heterocycles. The van der Waals surface area contributed by atoms with Crippen LogP contribution in [0.25, 0.3) is 0 Å². The van der Waals surface area contributed by atoms with Crippen LogP contribution >= 0.6 is 0 Å². The van der Waals surface area contributed by atoms with Gasteiger partial charge in [-0.05, 0) is 55.7 Å². The molecule has 0 amide bonds. The van der Waals surface area contributed by atoms with E-state index in [0.29, 0.717) is 18.6 Å². The number of fused-ring (bicyclic) bond motifs is 1. The molecule has 0 spiro atoms. The second-order valence-electron chi connectivity index (χ2n) is 5.53. The monoisotopic (exact) mass is 247 g/mol. The highest BCUT2D eigenvalue weighted by atomic mass is 16.3. The van der Waals surface area contributed by atoms with Crippen LogP contribution in [0.5, 0.6) is 0 Å². The first-order valence-electron chi connectivity index (χ1n) is 7.23. The van der Waals surface area contributed by atoms with Crippen LogP contribution in [0.4, 0.5) is 0 Å². The van der Waals surface area contributed by atoms with E-state index in [0.717, 1.165) is 19.4 Å². The molecule has 2 atom stereocenters. The highest BCUT2D eigenvalue weighted by Gasteiger charge is 2.18. The molecule has 0 fully saturated rings. The molecule has 1 aromatic rings. The second kappa shape index (κ2) is 6.91. The summed E-state index contributed by atoms with van der Waals surface area (Å²) in [7, 11) is 0. The molecule has 2 heteroatoms. The minimum Gasteiger partial charge on any atom is -0.396 e. The Bertz CT molecular complexity index is 364. The van der Waals surface area contributed by atoms with Crippen LogP contribution in [-0.2, 0) is 6.42 Å². The van der Waals surface area contributed by atoms with Crippen LogP contribution in [0.3, 0.4) is 0 Å². The molecular formula is C16H25NO. The summed E-state index contributed by atoms with van der Waals surface area (Å²) in [5, 5.41) is 12.7. The fourth-order valence-corrected chi connectivity index (χ4v) is 2.78. The number of nitrogens with one attached hydrogen (secondary N) is 1. The normalized spacial score (nSPS) is 20.4. The van der Waals surface area contributed by atoms with Gasteiger partial charge in [0.1, 0.15) is 0 Å². The number of aryl methyl sites for hydroxylation is 1. The Morgan fingerprint density at radius 2 is 2.22 bits per heavy atom. The molecule has 0 saturated carbocycles. The number of hydrogen-bond donors (Lipinski definition) is 2. The molecule has 1 aromatic carbocycles. The molecule has 0 saturated heterocycles. The highest BCUT2D eigenvalue weighted by Crippen LogP contribution is 2.29. The molecule has 100 valence electrons. The van der Waals surface area contributed by atoms with Crippen molar-refractivity contribution < 1.29 is 5.11 Å². The number of benzene rings is 1. The van der Waals surface area contributed by atoms with Gasteiger partial charge in [-0.25, -0.2) is 0 Å². The highest BCUT2D eigenvalue weighted by molar-refractivity contribution is 5.32. The van der Waals surface area contributed by atoms with Crippen molar-refractivity contribution in [1.82, 2.24) is 5.32 Å². The number of rotatable bonds is 6. The Kier molecular flexibility index (Phi) is 5.21. The molecule has 2 N–H and O–H groups in total.